The highest BCUT2D eigenvalue weighted by Crippen LogP contribution is 2.36. The molecule has 0 saturated heterocycles. The van der Waals surface area contributed by atoms with Crippen LogP contribution in [0.1, 0.15) is 23.1 Å². The van der Waals surface area contributed by atoms with Gasteiger partial charge in [0, 0.05) is 28.3 Å². The number of aryl methyl sites for hydroxylation is 2. The maximum atomic E-state index is 10.1. The molecular weight excluding hydrogens is 368 g/mol. The molecule has 2 aromatic heterocycles. The number of hydrogen-bond acceptors (Lipinski definition) is 3. The first-order valence-electron chi connectivity index (χ1n) is 5.17. The predicted molar refractivity (Wildman–Crippen MR) is 76.2 cm³/mol. The number of nitrogens with zero attached hydrogens (tertiary/aromatic N) is 2. The van der Waals surface area contributed by atoms with E-state index in [2.05, 4.69) is 37.0 Å². The molecule has 1 N–H and O–H groups in total. The first-order chi connectivity index (χ1) is 8.08. The van der Waals surface area contributed by atoms with Gasteiger partial charge in [-0.3, -0.25) is 4.68 Å². The lowest BCUT2D eigenvalue weighted by Gasteiger charge is -2.08. The van der Waals surface area contributed by atoms with Gasteiger partial charge < -0.3 is 5.11 Å². The highest BCUT2D eigenvalue weighted by Gasteiger charge is 2.13. The van der Waals surface area contributed by atoms with Gasteiger partial charge in [-0.25, -0.2) is 0 Å². The van der Waals surface area contributed by atoms with E-state index in [1.165, 1.54) is 0 Å². The van der Waals surface area contributed by atoms with Crippen molar-refractivity contribution in [3.8, 4) is 0 Å². The Bertz CT molecular complexity index is 490. The molecule has 2 rings (SSSR count). The van der Waals surface area contributed by atoms with Crippen LogP contribution in [0.4, 0.5) is 0 Å². The molecule has 0 aliphatic rings. The molecule has 0 fully saturated rings. The van der Waals surface area contributed by atoms with E-state index in [-0.39, 0.29) is 0 Å². The number of aliphatic hydroxyl groups excluding tert-OH is 1. The highest BCUT2D eigenvalue weighted by molar-refractivity contribution is 9.13. The summed E-state index contributed by atoms with van der Waals surface area (Å²) < 4.78 is 3.86. The summed E-state index contributed by atoms with van der Waals surface area (Å²) in [5.41, 5.74) is 1.14. The SMILES string of the molecule is Cn1nccc1CCC(O)c1cc(Br)c(Br)s1. The van der Waals surface area contributed by atoms with Crippen LogP contribution in [0.2, 0.25) is 0 Å². The quantitative estimate of drug-likeness (QED) is 0.879. The van der Waals surface area contributed by atoms with Crippen LogP contribution in [0.15, 0.2) is 26.6 Å². The fraction of sp³-hybridized carbons (Fsp3) is 0.364. The van der Waals surface area contributed by atoms with Crippen molar-refractivity contribution in [3.05, 3.63) is 37.2 Å². The average molecular weight is 380 g/mol. The van der Waals surface area contributed by atoms with E-state index < -0.39 is 6.10 Å². The van der Waals surface area contributed by atoms with Crippen LogP contribution in [0.3, 0.4) is 0 Å². The van der Waals surface area contributed by atoms with Crippen molar-refractivity contribution in [3.63, 3.8) is 0 Å². The lowest BCUT2D eigenvalue weighted by Crippen LogP contribution is -2.02. The van der Waals surface area contributed by atoms with E-state index >= 15 is 0 Å². The second kappa shape index (κ2) is 5.65. The largest absolute Gasteiger partial charge is 0.388 e. The number of thiophene rings is 1. The molecule has 3 nitrogen and oxygen atoms in total. The van der Waals surface area contributed by atoms with Crippen LogP contribution in [0, 0.1) is 0 Å². The van der Waals surface area contributed by atoms with E-state index in [1.807, 2.05) is 23.9 Å². The Kier molecular flexibility index (Phi) is 4.41. The summed E-state index contributed by atoms with van der Waals surface area (Å²) in [4.78, 5) is 0.978. The first-order valence-corrected chi connectivity index (χ1v) is 7.58. The minimum Gasteiger partial charge on any atom is -0.388 e. The molecule has 0 aliphatic heterocycles. The molecule has 2 aromatic rings. The molecule has 1 unspecified atom stereocenters. The molecule has 1 atom stereocenters. The number of rotatable bonds is 4. The number of aromatic nitrogens is 2. The zero-order chi connectivity index (χ0) is 12.4. The average Bonchev–Trinajstić information content (AvgIpc) is 2.83. The Morgan fingerprint density at radius 3 is 2.82 bits per heavy atom. The lowest BCUT2D eigenvalue weighted by atomic mass is 10.1. The predicted octanol–water partition coefficient (Wildman–Crippen LogP) is 3.67. The minimum absolute atomic E-state index is 0.419. The van der Waals surface area contributed by atoms with Gasteiger partial charge in [-0.05, 0) is 56.8 Å². The van der Waals surface area contributed by atoms with Crippen LogP contribution in [0.25, 0.3) is 0 Å². The molecule has 0 bridgehead atoms. The van der Waals surface area contributed by atoms with Crippen LogP contribution >= 0.6 is 43.2 Å². The molecule has 0 amide bonds. The molecule has 0 radical (unpaired) electrons. The van der Waals surface area contributed by atoms with Crippen LogP contribution in [-0.2, 0) is 13.5 Å². The molecule has 17 heavy (non-hydrogen) atoms. The third-order valence-corrected chi connectivity index (χ3v) is 5.95. The Balaban J connectivity index is 1.98. The van der Waals surface area contributed by atoms with Gasteiger partial charge in [-0.2, -0.15) is 5.10 Å². The van der Waals surface area contributed by atoms with E-state index in [4.69, 9.17) is 0 Å². The molecule has 0 aliphatic carbocycles. The topological polar surface area (TPSA) is 38.0 Å². The molecule has 2 heterocycles. The molecule has 0 spiro atoms. The number of halogens is 2. The van der Waals surface area contributed by atoms with Crippen molar-refractivity contribution >= 4 is 43.2 Å². The second-order valence-corrected chi connectivity index (χ2v) is 7.03. The zero-order valence-electron chi connectivity index (χ0n) is 9.23. The number of hydrogen-bond donors (Lipinski definition) is 1. The van der Waals surface area contributed by atoms with Gasteiger partial charge in [0.1, 0.15) is 0 Å². The van der Waals surface area contributed by atoms with Crippen molar-refractivity contribution < 1.29 is 5.11 Å². The van der Waals surface area contributed by atoms with Crippen molar-refractivity contribution in [2.24, 2.45) is 7.05 Å². The summed E-state index contributed by atoms with van der Waals surface area (Å²) in [5, 5.41) is 14.2. The first kappa shape index (κ1) is 13.3. The highest BCUT2D eigenvalue weighted by atomic mass is 79.9. The summed E-state index contributed by atoms with van der Waals surface area (Å²) in [7, 11) is 1.92. The molecule has 6 heteroatoms. The van der Waals surface area contributed by atoms with Gasteiger partial charge in [0.05, 0.1) is 9.89 Å². The standard InChI is InChI=1S/C11H12Br2N2OS/c1-15-7(4-5-14-15)2-3-9(16)10-6-8(12)11(13)17-10/h4-6,9,16H,2-3H2,1H3. The maximum Gasteiger partial charge on any atom is 0.0886 e. The van der Waals surface area contributed by atoms with Gasteiger partial charge in [0.15, 0.2) is 0 Å². The Morgan fingerprint density at radius 1 is 1.53 bits per heavy atom. The molecule has 0 aromatic carbocycles. The van der Waals surface area contributed by atoms with Crippen molar-refractivity contribution in [1.29, 1.82) is 0 Å². The van der Waals surface area contributed by atoms with Gasteiger partial charge >= 0.3 is 0 Å². The van der Waals surface area contributed by atoms with E-state index in [9.17, 15) is 5.11 Å². The molecule has 0 saturated carbocycles. The lowest BCUT2D eigenvalue weighted by molar-refractivity contribution is 0.171. The Hall–Kier alpha value is -0.170. The fourth-order valence-corrected chi connectivity index (χ4v) is 3.71. The van der Waals surface area contributed by atoms with Crippen LogP contribution in [-0.4, -0.2) is 14.9 Å². The smallest absolute Gasteiger partial charge is 0.0886 e. The summed E-state index contributed by atoms with van der Waals surface area (Å²) >= 11 is 8.42. The monoisotopic (exact) mass is 378 g/mol. The Labute approximate surface area is 121 Å². The molecular formula is C11H12Br2N2OS. The van der Waals surface area contributed by atoms with Crippen LogP contribution in [0.5, 0.6) is 0 Å². The van der Waals surface area contributed by atoms with Crippen molar-refractivity contribution in [2.75, 3.05) is 0 Å². The third-order valence-electron chi connectivity index (χ3n) is 2.59. The second-order valence-electron chi connectivity index (χ2n) is 3.77. The van der Waals surface area contributed by atoms with Gasteiger partial charge in [-0.15, -0.1) is 11.3 Å². The van der Waals surface area contributed by atoms with E-state index in [0.29, 0.717) is 6.42 Å². The fourth-order valence-electron chi connectivity index (χ4n) is 1.60. The molecule has 92 valence electrons. The summed E-state index contributed by atoms with van der Waals surface area (Å²) in [6.07, 6.45) is 2.89. The van der Waals surface area contributed by atoms with Gasteiger partial charge in [0.25, 0.3) is 0 Å². The van der Waals surface area contributed by atoms with Crippen molar-refractivity contribution in [2.45, 2.75) is 18.9 Å². The van der Waals surface area contributed by atoms with E-state index in [0.717, 1.165) is 25.3 Å². The zero-order valence-corrected chi connectivity index (χ0v) is 13.2. The Morgan fingerprint density at radius 2 is 2.29 bits per heavy atom. The normalized spacial score (nSPS) is 12.9. The summed E-state index contributed by atoms with van der Waals surface area (Å²) in [6, 6.07) is 3.94. The van der Waals surface area contributed by atoms with E-state index in [1.54, 1.807) is 17.5 Å². The minimum atomic E-state index is -0.419. The van der Waals surface area contributed by atoms with Crippen LogP contribution < -0.4 is 0 Å². The third kappa shape index (κ3) is 3.19. The van der Waals surface area contributed by atoms with Crippen molar-refractivity contribution in [1.82, 2.24) is 9.78 Å². The van der Waals surface area contributed by atoms with Gasteiger partial charge in [0.2, 0.25) is 0 Å². The van der Waals surface area contributed by atoms with Gasteiger partial charge in [-0.1, -0.05) is 0 Å². The number of aliphatic hydroxyl groups is 1. The summed E-state index contributed by atoms with van der Waals surface area (Å²) in [5.74, 6) is 0. The maximum absolute atomic E-state index is 10.1. The summed E-state index contributed by atoms with van der Waals surface area (Å²) in [6.45, 7) is 0.